The Kier molecular flexibility index (Phi) is 1.07. The van der Waals surface area contributed by atoms with E-state index in [0.29, 0.717) is 0 Å². The van der Waals surface area contributed by atoms with Gasteiger partial charge in [0, 0.05) is 4.83 Å². The monoisotopic (exact) mass is 262 g/mol. The maximum Gasteiger partial charge on any atom is 0.0246 e. The molecule has 10 heavy (non-hydrogen) atoms. The molecule has 5 unspecified atom stereocenters. The van der Waals surface area contributed by atoms with Crippen LogP contribution in [0.5, 0.6) is 0 Å². The highest BCUT2D eigenvalue weighted by molar-refractivity contribution is 9.11. The van der Waals surface area contributed by atoms with Crippen LogP contribution in [0.1, 0.15) is 6.42 Å². The van der Waals surface area contributed by atoms with Crippen molar-refractivity contribution < 1.29 is 0 Å². The van der Waals surface area contributed by atoms with Crippen LogP contribution in [0.15, 0.2) is 10.6 Å². The van der Waals surface area contributed by atoms with E-state index in [2.05, 4.69) is 37.9 Å². The number of hydrogen-bond donors (Lipinski definition) is 0. The van der Waals surface area contributed by atoms with Crippen molar-refractivity contribution in [3.8, 4) is 0 Å². The summed E-state index contributed by atoms with van der Waals surface area (Å²) < 4.78 is 1.49. The van der Waals surface area contributed by atoms with Gasteiger partial charge in [0.2, 0.25) is 0 Å². The van der Waals surface area contributed by atoms with Crippen LogP contribution >= 0.6 is 31.9 Å². The Morgan fingerprint density at radius 3 is 2.70 bits per heavy atom. The van der Waals surface area contributed by atoms with Crippen LogP contribution in [-0.4, -0.2) is 4.83 Å². The second-order valence-corrected chi connectivity index (χ2v) is 5.64. The first-order valence-corrected chi connectivity index (χ1v) is 5.51. The first kappa shape index (κ1) is 6.24. The average Bonchev–Trinajstić information content (AvgIpc) is 2.54. The lowest BCUT2D eigenvalue weighted by molar-refractivity contribution is 0.532. The Bertz CT molecular complexity index is 221. The molecule has 0 amide bonds. The van der Waals surface area contributed by atoms with Crippen molar-refractivity contribution in [2.24, 2.45) is 23.7 Å². The molecule has 54 valence electrons. The zero-order valence-corrected chi connectivity index (χ0v) is 8.60. The Morgan fingerprint density at radius 2 is 2.30 bits per heavy atom. The van der Waals surface area contributed by atoms with Crippen LogP contribution in [0.25, 0.3) is 0 Å². The van der Waals surface area contributed by atoms with E-state index in [1.165, 1.54) is 10.9 Å². The summed E-state index contributed by atoms with van der Waals surface area (Å²) in [5, 5.41) is 0. The standard InChI is InChI=1S/C8H8Br2/c9-5-2-3-1-4-6(5)7(4)8(3)10/h2-4,6-8H,1H2. The van der Waals surface area contributed by atoms with Gasteiger partial charge in [-0.3, -0.25) is 0 Å². The highest BCUT2D eigenvalue weighted by Crippen LogP contribution is 2.69. The maximum atomic E-state index is 3.76. The van der Waals surface area contributed by atoms with Gasteiger partial charge in [0.15, 0.2) is 0 Å². The molecular formula is C8H8Br2. The lowest BCUT2D eigenvalue weighted by atomic mass is 9.93. The van der Waals surface area contributed by atoms with Crippen LogP contribution in [0.4, 0.5) is 0 Å². The number of halogens is 2. The van der Waals surface area contributed by atoms with Crippen molar-refractivity contribution >= 4 is 31.9 Å². The van der Waals surface area contributed by atoms with E-state index >= 15 is 0 Å². The SMILES string of the molecule is BrC1=CC2CC3C1C3C2Br. The van der Waals surface area contributed by atoms with Gasteiger partial charge in [0.1, 0.15) is 0 Å². The van der Waals surface area contributed by atoms with Crippen LogP contribution in [0.2, 0.25) is 0 Å². The first-order valence-electron chi connectivity index (χ1n) is 3.80. The molecule has 4 aliphatic rings. The molecule has 2 saturated carbocycles. The summed E-state index contributed by atoms with van der Waals surface area (Å²) in [6, 6.07) is 0. The van der Waals surface area contributed by atoms with E-state index < -0.39 is 0 Å². The smallest absolute Gasteiger partial charge is 0.0246 e. The van der Waals surface area contributed by atoms with Gasteiger partial charge in [-0.2, -0.15) is 0 Å². The number of rotatable bonds is 0. The van der Waals surface area contributed by atoms with Crippen LogP contribution in [0.3, 0.4) is 0 Å². The van der Waals surface area contributed by atoms with Crippen molar-refractivity contribution in [3.63, 3.8) is 0 Å². The summed E-state index contributed by atoms with van der Waals surface area (Å²) in [4.78, 5) is 0.809. The third-order valence-corrected chi connectivity index (χ3v) is 5.32. The van der Waals surface area contributed by atoms with Gasteiger partial charge >= 0.3 is 0 Å². The Hall–Kier alpha value is 0.700. The molecule has 0 aromatic carbocycles. The Balaban J connectivity index is 2.09. The summed E-state index contributed by atoms with van der Waals surface area (Å²) in [5.74, 6) is 3.78. The summed E-state index contributed by atoms with van der Waals surface area (Å²) in [6.07, 6.45) is 3.85. The Morgan fingerprint density at radius 1 is 1.50 bits per heavy atom. The van der Waals surface area contributed by atoms with Crippen molar-refractivity contribution in [2.75, 3.05) is 0 Å². The molecule has 2 fully saturated rings. The van der Waals surface area contributed by atoms with Gasteiger partial charge in [-0.25, -0.2) is 0 Å². The van der Waals surface area contributed by atoms with Crippen molar-refractivity contribution in [1.29, 1.82) is 0 Å². The second-order valence-electron chi connectivity index (χ2n) is 3.66. The minimum absolute atomic E-state index is 0.809. The summed E-state index contributed by atoms with van der Waals surface area (Å²) in [5.41, 5.74) is 0. The zero-order valence-electron chi connectivity index (χ0n) is 5.43. The summed E-state index contributed by atoms with van der Waals surface area (Å²) in [7, 11) is 0. The van der Waals surface area contributed by atoms with Gasteiger partial charge in [-0.1, -0.05) is 37.9 Å². The third-order valence-electron chi connectivity index (χ3n) is 3.24. The first-order chi connectivity index (χ1) is 4.79. The Labute approximate surface area is 77.3 Å². The fraction of sp³-hybridized carbons (Fsp3) is 0.750. The molecule has 0 aromatic rings. The zero-order chi connectivity index (χ0) is 6.88. The molecule has 0 aliphatic heterocycles. The number of hydrogen-bond acceptors (Lipinski definition) is 0. The number of allylic oxidation sites excluding steroid dienone is 2. The van der Waals surface area contributed by atoms with Gasteiger partial charge in [-0.05, 0) is 34.6 Å². The van der Waals surface area contributed by atoms with Gasteiger partial charge in [-0.15, -0.1) is 0 Å². The van der Waals surface area contributed by atoms with Crippen molar-refractivity contribution in [3.05, 3.63) is 10.6 Å². The molecule has 0 spiro atoms. The minimum atomic E-state index is 0.809. The lowest BCUT2D eigenvalue weighted by Gasteiger charge is -2.22. The maximum absolute atomic E-state index is 3.76. The predicted octanol–water partition coefficient (Wildman–Crippen LogP) is 2.92. The molecule has 5 atom stereocenters. The molecule has 0 saturated heterocycles. The molecule has 0 nitrogen and oxygen atoms in total. The molecule has 0 heterocycles. The quantitative estimate of drug-likeness (QED) is 0.590. The van der Waals surface area contributed by atoms with E-state index in [4.69, 9.17) is 0 Å². The van der Waals surface area contributed by atoms with Crippen molar-refractivity contribution in [1.82, 2.24) is 0 Å². The second kappa shape index (κ2) is 1.71. The predicted molar refractivity (Wildman–Crippen MR) is 48.3 cm³/mol. The summed E-state index contributed by atoms with van der Waals surface area (Å²) in [6.45, 7) is 0. The summed E-state index contributed by atoms with van der Waals surface area (Å²) >= 11 is 7.40. The normalized spacial score (nSPS) is 62.2. The van der Waals surface area contributed by atoms with Crippen molar-refractivity contribution in [2.45, 2.75) is 11.2 Å². The molecule has 4 bridgehead atoms. The van der Waals surface area contributed by atoms with E-state index in [0.717, 1.165) is 28.5 Å². The van der Waals surface area contributed by atoms with Gasteiger partial charge in [0.25, 0.3) is 0 Å². The minimum Gasteiger partial charge on any atom is -0.0881 e. The molecule has 0 aromatic heterocycles. The van der Waals surface area contributed by atoms with E-state index in [9.17, 15) is 0 Å². The molecule has 0 N–H and O–H groups in total. The van der Waals surface area contributed by atoms with E-state index in [1.807, 2.05) is 0 Å². The van der Waals surface area contributed by atoms with Crippen LogP contribution in [-0.2, 0) is 0 Å². The molecular weight excluding hydrogens is 256 g/mol. The fourth-order valence-corrected chi connectivity index (χ4v) is 4.81. The molecule has 2 heteroatoms. The van der Waals surface area contributed by atoms with Gasteiger partial charge in [0.05, 0.1) is 0 Å². The van der Waals surface area contributed by atoms with Crippen LogP contribution < -0.4 is 0 Å². The highest BCUT2D eigenvalue weighted by Gasteiger charge is 2.64. The lowest BCUT2D eigenvalue weighted by Crippen LogP contribution is -2.17. The molecule has 0 radical (unpaired) electrons. The molecule has 4 aliphatic carbocycles. The van der Waals surface area contributed by atoms with Gasteiger partial charge < -0.3 is 0 Å². The molecule has 4 rings (SSSR count). The third kappa shape index (κ3) is 0.547. The highest BCUT2D eigenvalue weighted by atomic mass is 79.9. The van der Waals surface area contributed by atoms with Crippen LogP contribution in [0, 0.1) is 23.7 Å². The topological polar surface area (TPSA) is 0 Å². The fourth-order valence-electron chi connectivity index (χ4n) is 2.73. The average molecular weight is 264 g/mol. The number of alkyl halides is 1. The largest absolute Gasteiger partial charge is 0.0881 e. The van der Waals surface area contributed by atoms with E-state index in [1.54, 1.807) is 0 Å². The van der Waals surface area contributed by atoms with E-state index in [-0.39, 0.29) is 0 Å².